The van der Waals surface area contributed by atoms with Crippen molar-refractivity contribution in [3.63, 3.8) is 0 Å². The number of aromatic nitrogens is 2. The zero-order chi connectivity index (χ0) is 13.3. The van der Waals surface area contributed by atoms with Gasteiger partial charge < -0.3 is 9.84 Å². The van der Waals surface area contributed by atoms with E-state index in [0.717, 1.165) is 5.56 Å². The molecule has 0 spiro atoms. The fourth-order valence-electron chi connectivity index (χ4n) is 1.92. The van der Waals surface area contributed by atoms with Gasteiger partial charge >= 0.3 is 0 Å². The lowest BCUT2D eigenvalue weighted by molar-refractivity contribution is 0.204. The summed E-state index contributed by atoms with van der Waals surface area (Å²) in [6, 6.07) is 5.64. The summed E-state index contributed by atoms with van der Waals surface area (Å²) in [5.74, 6) is 0.639. The minimum absolute atomic E-state index is 0.438. The van der Waals surface area contributed by atoms with Gasteiger partial charge in [-0.3, -0.25) is 4.68 Å². The van der Waals surface area contributed by atoms with Gasteiger partial charge in [-0.25, -0.2) is 0 Å². The summed E-state index contributed by atoms with van der Waals surface area (Å²) in [4.78, 5) is 0. The Morgan fingerprint density at radius 1 is 1.44 bits per heavy atom. The van der Waals surface area contributed by atoms with Crippen molar-refractivity contribution in [2.24, 2.45) is 7.05 Å². The molecule has 1 heterocycles. The van der Waals surface area contributed by atoms with Crippen molar-refractivity contribution in [3.8, 4) is 5.75 Å². The molecular weight excluding hydrogens is 252 g/mol. The van der Waals surface area contributed by atoms with Gasteiger partial charge in [0.2, 0.25) is 0 Å². The predicted molar refractivity (Wildman–Crippen MR) is 70.0 cm³/mol. The van der Waals surface area contributed by atoms with Crippen LogP contribution in [0.5, 0.6) is 5.75 Å². The number of methoxy groups -OCH3 is 1. The van der Waals surface area contributed by atoms with Gasteiger partial charge in [-0.05, 0) is 18.6 Å². The van der Waals surface area contributed by atoms with E-state index < -0.39 is 6.10 Å². The van der Waals surface area contributed by atoms with E-state index in [0.29, 0.717) is 22.0 Å². The van der Waals surface area contributed by atoms with Crippen LogP contribution in [-0.2, 0) is 7.05 Å². The Bertz CT molecular complexity index is 547. The highest BCUT2D eigenvalue weighted by Gasteiger charge is 2.21. The Morgan fingerprint density at radius 2 is 2.17 bits per heavy atom. The number of aryl methyl sites for hydroxylation is 2. The van der Waals surface area contributed by atoms with Crippen LogP contribution in [-0.4, -0.2) is 22.0 Å². The molecule has 2 rings (SSSR count). The first-order chi connectivity index (χ1) is 8.54. The van der Waals surface area contributed by atoms with Gasteiger partial charge in [0, 0.05) is 12.6 Å². The highest BCUT2D eigenvalue weighted by molar-refractivity contribution is 6.31. The van der Waals surface area contributed by atoms with Crippen molar-refractivity contribution in [1.29, 1.82) is 0 Å². The van der Waals surface area contributed by atoms with Crippen molar-refractivity contribution < 1.29 is 9.84 Å². The Balaban J connectivity index is 2.49. The second kappa shape index (κ2) is 5.00. The summed E-state index contributed by atoms with van der Waals surface area (Å²) < 4.78 is 6.85. The Hall–Kier alpha value is -1.52. The molecule has 0 aliphatic rings. The van der Waals surface area contributed by atoms with Crippen LogP contribution in [0.25, 0.3) is 0 Å². The number of ether oxygens (including phenoxy) is 1. The maximum Gasteiger partial charge on any atom is 0.126 e. The molecule has 0 aliphatic carbocycles. The summed E-state index contributed by atoms with van der Waals surface area (Å²) in [7, 11) is 3.32. The van der Waals surface area contributed by atoms with Crippen LogP contribution < -0.4 is 4.74 Å². The maximum absolute atomic E-state index is 10.4. The number of hydrogen-bond donors (Lipinski definition) is 1. The molecule has 0 saturated heterocycles. The van der Waals surface area contributed by atoms with E-state index in [1.807, 2.05) is 25.1 Å². The number of aliphatic hydroxyl groups is 1. The second-order valence-electron chi connectivity index (χ2n) is 4.15. The summed E-state index contributed by atoms with van der Waals surface area (Å²) in [5, 5.41) is 14.9. The Labute approximate surface area is 111 Å². The fraction of sp³-hybridized carbons (Fsp3) is 0.308. The lowest BCUT2D eigenvalue weighted by Gasteiger charge is -2.16. The minimum atomic E-state index is -0.861. The van der Waals surface area contributed by atoms with Gasteiger partial charge in [0.1, 0.15) is 11.9 Å². The normalized spacial score (nSPS) is 12.5. The molecule has 0 saturated carbocycles. The van der Waals surface area contributed by atoms with Gasteiger partial charge in [-0.2, -0.15) is 5.10 Å². The average molecular weight is 267 g/mol. The van der Waals surface area contributed by atoms with Crippen LogP contribution in [0.3, 0.4) is 0 Å². The molecule has 1 N–H and O–H groups in total. The third-order valence-electron chi connectivity index (χ3n) is 2.88. The standard InChI is InChI=1S/C13H15ClN2O2/c1-8-4-5-9(11(6-8)18-3)13(17)12-10(14)7-15-16(12)2/h4-7,13,17H,1-3H3. The highest BCUT2D eigenvalue weighted by atomic mass is 35.5. The number of benzene rings is 1. The minimum Gasteiger partial charge on any atom is -0.496 e. The zero-order valence-corrected chi connectivity index (χ0v) is 11.3. The number of aliphatic hydroxyl groups excluding tert-OH is 1. The van der Waals surface area contributed by atoms with Crippen LogP contribution in [0.4, 0.5) is 0 Å². The van der Waals surface area contributed by atoms with E-state index in [-0.39, 0.29) is 0 Å². The van der Waals surface area contributed by atoms with Gasteiger partial charge in [-0.1, -0.05) is 23.7 Å². The van der Waals surface area contributed by atoms with Crippen LogP contribution in [0.1, 0.15) is 22.9 Å². The summed E-state index contributed by atoms with van der Waals surface area (Å²) >= 11 is 6.03. The largest absolute Gasteiger partial charge is 0.496 e. The van der Waals surface area contributed by atoms with Crippen molar-refractivity contribution >= 4 is 11.6 Å². The van der Waals surface area contributed by atoms with Crippen molar-refractivity contribution in [2.45, 2.75) is 13.0 Å². The predicted octanol–water partition coefficient (Wildman–Crippen LogP) is 2.47. The Kier molecular flexibility index (Phi) is 3.59. The van der Waals surface area contributed by atoms with E-state index in [1.165, 1.54) is 6.20 Å². The third-order valence-corrected chi connectivity index (χ3v) is 3.17. The summed E-state index contributed by atoms with van der Waals surface area (Å²) in [5.41, 5.74) is 2.30. The van der Waals surface area contributed by atoms with Crippen molar-refractivity contribution in [2.75, 3.05) is 7.11 Å². The maximum atomic E-state index is 10.4. The molecule has 4 nitrogen and oxygen atoms in total. The summed E-state index contributed by atoms with van der Waals surface area (Å²) in [6.07, 6.45) is 0.654. The molecule has 1 aromatic heterocycles. The molecule has 1 aromatic carbocycles. The van der Waals surface area contributed by atoms with Crippen LogP contribution >= 0.6 is 11.6 Å². The first-order valence-electron chi connectivity index (χ1n) is 5.54. The quantitative estimate of drug-likeness (QED) is 0.928. The Morgan fingerprint density at radius 3 is 2.72 bits per heavy atom. The van der Waals surface area contributed by atoms with Gasteiger partial charge in [0.15, 0.2) is 0 Å². The molecule has 0 amide bonds. The van der Waals surface area contributed by atoms with E-state index in [1.54, 1.807) is 18.8 Å². The van der Waals surface area contributed by atoms with Crippen LogP contribution in [0.15, 0.2) is 24.4 Å². The molecule has 18 heavy (non-hydrogen) atoms. The summed E-state index contributed by atoms with van der Waals surface area (Å²) in [6.45, 7) is 1.97. The SMILES string of the molecule is COc1cc(C)ccc1C(O)c1c(Cl)cnn1C. The molecule has 0 radical (unpaired) electrons. The molecule has 2 aromatic rings. The fourth-order valence-corrected chi connectivity index (χ4v) is 2.19. The van der Waals surface area contributed by atoms with Crippen LogP contribution in [0, 0.1) is 6.92 Å². The number of rotatable bonds is 3. The molecule has 0 fully saturated rings. The molecule has 1 atom stereocenters. The van der Waals surface area contributed by atoms with Crippen molar-refractivity contribution in [3.05, 3.63) is 46.2 Å². The number of halogens is 1. The first kappa shape index (κ1) is 12.9. The zero-order valence-electron chi connectivity index (χ0n) is 10.5. The van der Waals surface area contributed by atoms with Gasteiger partial charge in [0.25, 0.3) is 0 Å². The van der Waals surface area contributed by atoms with Gasteiger partial charge in [-0.15, -0.1) is 0 Å². The lowest BCUT2D eigenvalue weighted by Crippen LogP contribution is -2.08. The first-order valence-corrected chi connectivity index (χ1v) is 5.92. The molecular formula is C13H15ClN2O2. The van der Waals surface area contributed by atoms with E-state index >= 15 is 0 Å². The van der Waals surface area contributed by atoms with Crippen LogP contribution in [0.2, 0.25) is 5.02 Å². The van der Waals surface area contributed by atoms with E-state index in [4.69, 9.17) is 16.3 Å². The average Bonchev–Trinajstić information content (AvgIpc) is 2.68. The molecule has 5 heteroatoms. The molecule has 1 unspecified atom stereocenters. The second-order valence-corrected chi connectivity index (χ2v) is 4.56. The van der Waals surface area contributed by atoms with E-state index in [9.17, 15) is 5.11 Å². The topological polar surface area (TPSA) is 47.3 Å². The lowest BCUT2D eigenvalue weighted by atomic mass is 10.0. The monoisotopic (exact) mass is 266 g/mol. The third kappa shape index (κ3) is 2.21. The number of nitrogens with zero attached hydrogens (tertiary/aromatic N) is 2. The number of hydrogen-bond acceptors (Lipinski definition) is 3. The smallest absolute Gasteiger partial charge is 0.126 e. The van der Waals surface area contributed by atoms with E-state index in [2.05, 4.69) is 5.10 Å². The van der Waals surface area contributed by atoms with Crippen molar-refractivity contribution in [1.82, 2.24) is 9.78 Å². The van der Waals surface area contributed by atoms with Gasteiger partial charge in [0.05, 0.1) is 24.0 Å². The molecule has 0 aliphatic heterocycles. The molecule has 0 bridgehead atoms. The highest BCUT2D eigenvalue weighted by Crippen LogP contribution is 2.33. The molecule has 96 valence electrons.